The molecule has 0 atom stereocenters. The first-order valence-electron chi connectivity index (χ1n) is 0. The fourth-order valence-electron chi connectivity index (χ4n) is 0. The molecule has 0 heterocycles. The summed E-state index contributed by atoms with van der Waals surface area (Å²) in [5, 5.41) is 0. The number of hydrogen-bond acceptors (Lipinski definition) is 0. The summed E-state index contributed by atoms with van der Waals surface area (Å²) in [5.74, 6) is 0. The fourth-order valence-corrected chi connectivity index (χ4v) is 0. The third-order valence-electron chi connectivity index (χ3n) is 0. The van der Waals surface area contributed by atoms with E-state index in [1.807, 2.05) is 0 Å². The Balaban J connectivity index is 0. The second-order valence-corrected chi connectivity index (χ2v) is 0. The van der Waals surface area contributed by atoms with E-state index in [1.165, 1.54) is 0 Å². The second-order valence-electron chi connectivity index (χ2n) is 0. The molecule has 0 saturated carbocycles. The molecule has 0 aliphatic rings. The molecule has 4 heavy (non-hydrogen) atoms. The minimum Gasteiger partial charge on any atom is -1.00 e. The van der Waals surface area contributed by atoms with Crippen LogP contribution in [0.25, 0.3) is 0 Å². The molecule has 0 saturated heterocycles. The van der Waals surface area contributed by atoms with Gasteiger partial charge in [0, 0.05) is 8.41 Å². The Hall–Kier alpha value is 3.11. The van der Waals surface area contributed by atoms with Gasteiger partial charge in [-0.15, -0.1) is 0 Å². The van der Waals surface area contributed by atoms with Crippen molar-refractivity contribution in [3.05, 3.63) is 0 Å². The summed E-state index contributed by atoms with van der Waals surface area (Å²) in [6, 6.07) is 0. The SMILES string of the molecule is [B].[Ba+2].[Ca+2].[H-].[H-].[H-].[H-].[SiH4]. The molecule has 0 N–H and O–H groups in total. The molecular formula is H8BBaCaSi. The molecule has 0 aromatic carbocycles. The maximum Gasteiger partial charge on any atom is 2.00 e. The van der Waals surface area contributed by atoms with E-state index in [0.29, 0.717) is 0 Å². The summed E-state index contributed by atoms with van der Waals surface area (Å²) in [4.78, 5) is 0. The van der Waals surface area contributed by atoms with Crippen molar-refractivity contribution in [1.29, 1.82) is 0 Å². The molecule has 0 aliphatic carbocycles. The van der Waals surface area contributed by atoms with Crippen LogP contribution in [0.3, 0.4) is 0 Å². The Labute approximate surface area is 109 Å². The molecule has 0 nitrogen and oxygen atoms in total. The van der Waals surface area contributed by atoms with Crippen LogP contribution < -0.4 is 0 Å². The first-order chi connectivity index (χ1) is 0. The van der Waals surface area contributed by atoms with Crippen molar-refractivity contribution in [3.63, 3.8) is 0 Å². The van der Waals surface area contributed by atoms with E-state index in [1.54, 1.807) is 0 Å². The van der Waals surface area contributed by atoms with Gasteiger partial charge in [0.2, 0.25) is 0 Å². The molecule has 0 bridgehead atoms. The van der Waals surface area contributed by atoms with Crippen LogP contribution in [0.15, 0.2) is 0 Å². The molecule has 0 unspecified atom stereocenters. The van der Waals surface area contributed by atoms with Crippen LogP contribution in [0.4, 0.5) is 0 Å². The van der Waals surface area contributed by atoms with Crippen molar-refractivity contribution in [1.82, 2.24) is 0 Å². The standard InChI is InChI=1S/B.Ba.Ca.H4Si.4H/h;;;1H4;;;;/q;2*+2;;4*-1. The predicted octanol–water partition coefficient (Wildman–Crippen LogP) is -2.14. The van der Waals surface area contributed by atoms with E-state index in [4.69, 9.17) is 0 Å². The largest absolute Gasteiger partial charge is 2.00 e. The predicted molar refractivity (Wildman–Crippen MR) is 33.0 cm³/mol. The Kier molecular flexibility index (Phi) is 113. The van der Waals surface area contributed by atoms with Crippen LogP contribution >= 0.6 is 0 Å². The van der Waals surface area contributed by atoms with Crippen LogP contribution in [-0.2, 0) is 0 Å². The van der Waals surface area contributed by atoms with Crippen molar-refractivity contribution in [2.75, 3.05) is 0 Å². The first-order valence-corrected chi connectivity index (χ1v) is 0. The summed E-state index contributed by atoms with van der Waals surface area (Å²) in [6.45, 7) is 0. The molecule has 0 aromatic heterocycles. The molecule has 0 rings (SSSR count). The third-order valence-corrected chi connectivity index (χ3v) is 0. The average molecular weight is 224 g/mol. The van der Waals surface area contributed by atoms with E-state index in [9.17, 15) is 0 Å². The monoisotopic (exact) mass is 225 g/mol. The minimum atomic E-state index is 0. The molecule has 0 amide bonds. The summed E-state index contributed by atoms with van der Waals surface area (Å²) in [5.41, 5.74) is 0. The summed E-state index contributed by atoms with van der Waals surface area (Å²) in [7, 11) is 0. The van der Waals surface area contributed by atoms with Crippen molar-refractivity contribution in [3.8, 4) is 0 Å². The molecular weight excluding hydrogens is 216 g/mol. The zero-order chi connectivity index (χ0) is 0. The first kappa shape index (κ1) is 27.4. The second kappa shape index (κ2) is 16.5. The average Bonchev–Trinajstić information content (AvgIpc) is 0. The summed E-state index contributed by atoms with van der Waals surface area (Å²) >= 11 is 0. The van der Waals surface area contributed by atoms with Gasteiger partial charge in [-0.05, 0) is 11.0 Å². The molecule has 19 valence electrons. The zero-order valence-electron chi connectivity index (χ0n) is 5.99. The van der Waals surface area contributed by atoms with Gasteiger partial charge in [-0.1, -0.05) is 0 Å². The van der Waals surface area contributed by atoms with E-state index >= 15 is 0 Å². The van der Waals surface area contributed by atoms with Gasteiger partial charge in [-0.25, -0.2) is 0 Å². The van der Waals surface area contributed by atoms with E-state index in [-0.39, 0.29) is 112 Å². The molecule has 0 spiro atoms. The number of hydrogen-bond donors (Lipinski definition) is 0. The Morgan fingerprint density at radius 2 is 1.25 bits per heavy atom. The zero-order valence-corrected chi connectivity index (χ0v) is 8.64. The van der Waals surface area contributed by atoms with E-state index < -0.39 is 0 Å². The molecule has 0 aliphatic heterocycles. The van der Waals surface area contributed by atoms with Crippen molar-refractivity contribution >= 4 is 106 Å². The van der Waals surface area contributed by atoms with E-state index in [2.05, 4.69) is 0 Å². The van der Waals surface area contributed by atoms with Crippen molar-refractivity contribution in [2.24, 2.45) is 0 Å². The van der Waals surface area contributed by atoms with Crippen LogP contribution in [0.1, 0.15) is 5.71 Å². The Morgan fingerprint density at radius 3 is 1.25 bits per heavy atom. The van der Waals surface area contributed by atoms with Gasteiger partial charge < -0.3 is 5.71 Å². The van der Waals surface area contributed by atoms with Crippen LogP contribution in [0.2, 0.25) is 0 Å². The Bertz CT molecular complexity index is 16.0. The fraction of sp³-hybridized carbons (Fsp3) is 0. The van der Waals surface area contributed by atoms with Gasteiger partial charge in [0.1, 0.15) is 0 Å². The van der Waals surface area contributed by atoms with Gasteiger partial charge in [0.05, 0.1) is 0 Å². The molecule has 4 heteroatoms. The molecule has 0 fully saturated rings. The van der Waals surface area contributed by atoms with Gasteiger partial charge in [-0.2, -0.15) is 0 Å². The van der Waals surface area contributed by atoms with Crippen molar-refractivity contribution < 1.29 is 5.71 Å². The quantitative estimate of drug-likeness (QED) is 0.412. The van der Waals surface area contributed by atoms with Gasteiger partial charge in [0.15, 0.2) is 0 Å². The summed E-state index contributed by atoms with van der Waals surface area (Å²) in [6.07, 6.45) is 0. The van der Waals surface area contributed by atoms with Gasteiger partial charge >= 0.3 is 86.6 Å². The maximum absolute atomic E-state index is 0. The van der Waals surface area contributed by atoms with E-state index in [0.717, 1.165) is 0 Å². The van der Waals surface area contributed by atoms with Crippen LogP contribution in [0.5, 0.6) is 0 Å². The third kappa shape index (κ3) is 8.93. The number of rotatable bonds is 0. The van der Waals surface area contributed by atoms with Crippen molar-refractivity contribution in [2.45, 2.75) is 0 Å². The van der Waals surface area contributed by atoms with Gasteiger partial charge in [-0.3, -0.25) is 0 Å². The topological polar surface area (TPSA) is 0 Å². The Morgan fingerprint density at radius 1 is 1.25 bits per heavy atom. The van der Waals surface area contributed by atoms with Crippen LogP contribution in [-0.4, -0.2) is 106 Å². The molecule has 0 aromatic rings. The van der Waals surface area contributed by atoms with Gasteiger partial charge in [0.25, 0.3) is 0 Å². The summed E-state index contributed by atoms with van der Waals surface area (Å²) < 4.78 is 0. The maximum atomic E-state index is 0. The minimum absolute atomic E-state index is 0. The molecule has 3 radical (unpaired) electrons. The normalized spacial score (nSPS) is 0. The smallest absolute Gasteiger partial charge is 1.00 e. The van der Waals surface area contributed by atoms with Crippen LogP contribution in [0, 0.1) is 0 Å².